The van der Waals surface area contributed by atoms with Crippen LogP contribution in [0, 0.1) is 0 Å². The maximum atomic E-state index is 12.4. The van der Waals surface area contributed by atoms with E-state index in [1.807, 2.05) is 30.3 Å². The van der Waals surface area contributed by atoms with Crippen LogP contribution in [0.5, 0.6) is 5.75 Å². The zero-order chi connectivity index (χ0) is 15.8. The average molecular weight is 304 g/mol. The summed E-state index contributed by atoms with van der Waals surface area (Å²) < 4.78 is 11.5. The van der Waals surface area contributed by atoms with Crippen LogP contribution in [0.2, 0.25) is 0 Å². The van der Waals surface area contributed by atoms with E-state index in [0.717, 1.165) is 11.8 Å². The first-order valence-electron chi connectivity index (χ1n) is 7.21. The highest BCUT2D eigenvalue weighted by atomic mass is 16.5. The Morgan fingerprint density at radius 1 is 1.04 bits per heavy atom. The molecule has 0 atom stereocenters. The van der Waals surface area contributed by atoms with Gasteiger partial charge in [-0.15, -0.1) is 0 Å². The van der Waals surface area contributed by atoms with Crippen molar-refractivity contribution >= 4 is 23.3 Å². The molecule has 0 N–H and O–H groups in total. The Labute approximate surface area is 131 Å². The summed E-state index contributed by atoms with van der Waals surface area (Å²) in [5, 5.41) is 0.468. The predicted molar refractivity (Wildman–Crippen MR) is 87.5 cm³/mol. The fraction of sp³-hybridized carbons (Fsp3) is 0.0526. The lowest BCUT2D eigenvalue weighted by Crippen LogP contribution is -2.10. The first-order chi connectivity index (χ1) is 11.3. The van der Waals surface area contributed by atoms with E-state index >= 15 is 0 Å². The fourth-order valence-corrected chi connectivity index (χ4v) is 2.69. The number of aldehydes is 1. The first-order valence-corrected chi connectivity index (χ1v) is 7.21. The molecule has 0 saturated carbocycles. The number of hydrogen-bond acceptors (Lipinski definition) is 4. The summed E-state index contributed by atoms with van der Waals surface area (Å²) in [6.45, 7) is 0.227. The van der Waals surface area contributed by atoms with Gasteiger partial charge in [-0.1, -0.05) is 30.3 Å². The molecule has 3 aromatic rings. The number of carbonyl (C=O) groups is 1. The number of carbonyl (C=O) groups excluding carboxylic acids is 1. The van der Waals surface area contributed by atoms with Crippen molar-refractivity contribution in [3.05, 3.63) is 69.9 Å². The second kappa shape index (κ2) is 5.25. The summed E-state index contributed by atoms with van der Waals surface area (Å²) in [7, 11) is 0. The van der Waals surface area contributed by atoms with E-state index in [9.17, 15) is 9.59 Å². The molecular formula is C19H12O4. The van der Waals surface area contributed by atoms with Gasteiger partial charge in [0.2, 0.25) is 0 Å². The van der Waals surface area contributed by atoms with Crippen molar-refractivity contribution < 1.29 is 13.9 Å². The molecule has 4 heteroatoms. The van der Waals surface area contributed by atoms with Crippen LogP contribution in [0.4, 0.5) is 0 Å². The van der Waals surface area contributed by atoms with E-state index in [0.29, 0.717) is 33.6 Å². The van der Waals surface area contributed by atoms with Gasteiger partial charge >= 0.3 is 0 Å². The number of ether oxygens (including phenoxy) is 1. The molecule has 0 spiro atoms. The van der Waals surface area contributed by atoms with Crippen molar-refractivity contribution in [1.82, 2.24) is 0 Å². The SMILES string of the molecule is O=CC1=Cc2c(ccc3c(=O)cc(-c4ccccc4)oc23)OC1. The second-order valence-electron chi connectivity index (χ2n) is 5.32. The van der Waals surface area contributed by atoms with Gasteiger partial charge in [0.25, 0.3) is 0 Å². The predicted octanol–water partition coefficient (Wildman–Crippen LogP) is 3.43. The normalized spacial score (nSPS) is 13.1. The van der Waals surface area contributed by atoms with Gasteiger partial charge in [0.1, 0.15) is 30.0 Å². The van der Waals surface area contributed by atoms with Gasteiger partial charge in [-0.25, -0.2) is 0 Å². The van der Waals surface area contributed by atoms with Gasteiger partial charge in [0.05, 0.1) is 10.9 Å². The Balaban J connectivity index is 2.04. The van der Waals surface area contributed by atoms with Crippen molar-refractivity contribution in [3.8, 4) is 17.1 Å². The summed E-state index contributed by atoms with van der Waals surface area (Å²) in [6.07, 6.45) is 2.47. The zero-order valence-corrected chi connectivity index (χ0v) is 12.1. The summed E-state index contributed by atoms with van der Waals surface area (Å²) in [6, 6.07) is 14.3. The highest BCUT2D eigenvalue weighted by Crippen LogP contribution is 2.33. The molecule has 0 aliphatic carbocycles. The van der Waals surface area contributed by atoms with Crippen LogP contribution in [0.3, 0.4) is 0 Å². The monoisotopic (exact) mass is 304 g/mol. The number of hydrogen-bond donors (Lipinski definition) is 0. The Morgan fingerprint density at radius 2 is 1.87 bits per heavy atom. The molecule has 2 aromatic carbocycles. The molecule has 0 fully saturated rings. The Hall–Kier alpha value is -3.14. The Bertz CT molecular complexity index is 997. The van der Waals surface area contributed by atoms with Gasteiger partial charge in [0.15, 0.2) is 5.43 Å². The number of rotatable bonds is 2. The maximum Gasteiger partial charge on any atom is 0.193 e. The van der Waals surface area contributed by atoms with Crippen LogP contribution in [-0.4, -0.2) is 12.9 Å². The van der Waals surface area contributed by atoms with E-state index in [1.54, 1.807) is 18.2 Å². The van der Waals surface area contributed by atoms with Crippen LogP contribution in [-0.2, 0) is 4.79 Å². The summed E-state index contributed by atoms with van der Waals surface area (Å²) in [5.74, 6) is 1.10. The molecule has 1 aliphatic heterocycles. The number of fused-ring (bicyclic) bond motifs is 3. The van der Waals surface area contributed by atoms with E-state index in [1.165, 1.54) is 6.07 Å². The molecule has 0 amide bonds. The molecule has 0 radical (unpaired) electrons. The summed E-state index contributed by atoms with van der Waals surface area (Å²) in [5.41, 5.74) is 2.27. The van der Waals surface area contributed by atoms with Crippen molar-refractivity contribution in [2.45, 2.75) is 0 Å². The largest absolute Gasteiger partial charge is 0.488 e. The van der Waals surface area contributed by atoms with Crippen LogP contribution in [0.15, 0.2) is 63.3 Å². The molecule has 1 aromatic heterocycles. The molecule has 4 rings (SSSR count). The van der Waals surface area contributed by atoms with Gasteiger partial charge in [-0.3, -0.25) is 9.59 Å². The smallest absolute Gasteiger partial charge is 0.193 e. The third-order valence-corrected chi connectivity index (χ3v) is 3.83. The first kappa shape index (κ1) is 13.5. The molecule has 112 valence electrons. The summed E-state index contributed by atoms with van der Waals surface area (Å²) >= 11 is 0. The van der Waals surface area contributed by atoms with Crippen molar-refractivity contribution in [2.75, 3.05) is 6.61 Å². The van der Waals surface area contributed by atoms with E-state index in [2.05, 4.69) is 0 Å². The van der Waals surface area contributed by atoms with Gasteiger partial charge in [-0.05, 0) is 18.2 Å². The minimum atomic E-state index is -0.125. The van der Waals surface area contributed by atoms with Crippen LogP contribution in [0.1, 0.15) is 5.56 Å². The Morgan fingerprint density at radius 3 is 2.65 bits per heavy atom. The molecule has 0 saturated heterocycles. The zero-order valence-electron chi connectivity index (χ0n) is 12.1. The lowest BCUT2D eigenvalue weighted by atomic mass is 10.0. The quantitative estimate of drug-likeness (QED) is 0.681. The van der Waals surface area contributed by atoms with Crippen molar-refractivity contribution in [1.29, 1.82) is 0 Å². The lowest BCUT2D eigenvalue weighted by molar-refractivity contribution is -0.105. The number of benzene rings is 2. The average Bonchev–Trinajstić information content (AvgIpc) is 2.61. The highest BCUT2D eigenvalue weighted by molar-refractivity contribution is 5.94. The topological polar surface area (TPSA) is 56.5 Å². The Kier molecular flexibility index (Phi) is 3.08. The molecule has 1 aliphatic rings. The molecule has 0 bridgehead atoms. The third-order valence-electron chi connectivity index (χ3n) is 3.83. The molecule has 0 unspecified atom stereocenters. The van der Waals surface area contributed by atoms with E-state index < -0.39 is 0 Å². The second-order valence-corrected chi connectivity index (χ2v) is 5.32. The van der Waals surface area contributed by atoms with Gasteiger partial charge in [0, 0.05) is 17.2 Å². The van der Waals surface area contributed by atoms with Crippen LogP contribution >= 0.6 is 0 Å². The van der Waals surface area contributed by atoms with Crippen molar-refractivity contribution in [3.63, 3.8) is 0 Å². The molecular weight excluding hydrogens is 292 g/mol. The third kappa shape index (κ3) is 2.25. The van der Waals surface area contributed by atoms with Crippen LogP contribution < -0.4 is 10.2 Å². The van der Waals surface area contributed by atoms with Gasteiger partial charge < -0.3 is 9.15 Å². The maximum absolute atomic E-state index is 12.4. The molecule has 4 nitrogen and oxygen atoms in total. The van der Waals surface area contributed by atoms with E-state index in [-0.39, 0.29) is 12.0 Å². The minimum absolute atomic E-state index is 0.125. The highest BCUT2D eigenvalue weighted by Gasteiger charge is 2.18. The van der Waals surface area contributed by atoms with Gasteiger partial charge in [-0.2, -0.15) is 0 Å². The van der Waals surface area contributed by atoms with Crippen molar-refractivity contribution in [2.24, 2.45) is 0 Å². The minimum Gasteiger partial charge on any atom is -0.488 e. The van der Waals surface area contributed by atoms with E-state index in [4.69, 9.17) is 9.15 Å². The fourth-order valence-electron chi connectivity index (χ4n) is 2.69. The summed E-state index contributed by atoms with van der Waals surface area (Å²) in [4.78, 5) is 23.4. The molecule has 23 heavy (non-hydrogen) atoms. The lowest BCUT2D eigenvalue weighted by Gasteiger charge is -2.16. The standard InChI is InChI=1S/C19H12O4/c20-10-12-8-15-17(22-11-12)7-6-14-16(21)9-18(23-19(14)15)13-4-2-1-3-5-13/h1-10H,11H2. The molecule has 2 heterocycles. The van der Waals surface area contributed by atoms with Crippen LogP contribution in [0.25, 0.3) is 28.4 Å².